The van der Waals surface area contributed by atoms with Crippen molar-refractivity contribution < 1.29 is 0 Å². The van der Waals surface area contributed by atoms with Crippen LogP contribution in [0.1, 0.15) is 32.1 Å². The summed E-state index contributed by atoms with van der Waals surface area (Å²) in [5.41, 5.74) is 6.50. The van der Waals surface area contributed by atoms with Crippen LogP contribution >= 0.6 is 0 Å². The van der Waals surface area contributed by atoms with Gasteiger partial charge < -0.3 is 5.73 Å². The second-order valence-electron chi connectivity index (χ2n) is 3.36. The maximum atomic E-state index is 5.82. The van der Waals surface area contributed by atoms with Crippen LogP contribution in [0, 0.1) is 5.41 Å². The lowest BCUT2D eigenvalue weighted by molar-refractivity contribution is 0.00253. The van der Waals surface area contributed by atoms with Crippen LogP contribution in [0.25, 0.3) is 0 Å². The zero-order valence-corrected chi connectivity index (χ0v) is 5.19. The van der Waals surface area contributed by atoms with Crippen LogP contribution < -0.4 is 5.73 Å². The lowest BCUT2D eigenvalue weighted by atomic mass is 9.53. The van der Waals surface area contributed by atoms with E-state index in [1.165, 1.54) is 32.1 Å². The highest BCUT2D eigenvalue weighted by atomic mass is 14.8. The molecule has 46 valence electrons. The van der Waals surface area contributed by atoms with Crippen LogP contribution in [0.5, 0.6) is 0 Å². The molecule has 0 aromatic rings. The van der Waals surface area contributed by atoms with Gasteiger partial charge in [0, 0.05) is 6.04 Å². The summed E-state index contributed by atoms with van der Waals surface area (Å²) in [5.74, 6) is 0. The molecule has 0 bridgehead atoms. The molecule has 1 spiro atoms. The van der Waals surface area contributed by atoms with Gasteiger partial charge in [0.2, 0.25) is 0 Å². The zero-order chi connectivity index (χ0) is 5.61. The molecule has 1 heteroatoms. The molecule has 2 aliphatic rings. The standard InChI is InChI=1S/C7H13N/c8-6-2-5-7(6)3-1-4-7/h6H,1-5,8H2/t6-/m0/s1. The van der Waals surface area contributed by atoms with Crippen LogP contribution in [0.3, 0.4) is 0 Å². The minimum absolute atomic E-state index is 0.580. The molecule has 0 aliphatic heterocycles. The van der Waals surface area contributed by atoms with Crippen molar-refractivity contribution in [3.63, 3.8) is 0 Å². The lowest BCUT2D eigenvalue weighted by Gasteiger charge is -2.54. The number of hydrogen-bond donors (Lipinski definition) is 1. The smallest absolute Gasteiger partial charge is 0.00957 e. The van der Waals surface area contributed by atoms with Crippen molar-refractivity contribution in [2.45, 2.75) is 38.1 Å². The number of nitrogens with two attached hydrogens (primary N) is 1. The van der Waals surface area contributed by atoms with Gasteiger partial charge in [0.25, 0.3) is 0 Å². The summed E-state index contributed by atoms with van der Waals surface area (Å²) < 4.78 is 0. The van der Waals surface area contributed by atoms with Gasteiger partial charge in [-0.2, -0.15) is 0 Å². The second kappa shape index (κ2) is 1.27. The fourth-order valence-corrected chi connectivity index (χ4v) is 1.97. The van der Waals surface area contributed by atoms with Gasteiger partial charge in [-0.3, -0.25) is 0 Å². The molecule has 0 amide bonds. The van der Waals surface area contributed by atoms with Crippen molar-refractivity contribution in [2.75, 3.05) is 0 Å². The Morgan fingerprint density at radius 3 is 2.00 bits per heavy atom. The average Bonchev–Trinajstić information content (AvgIpc) is 1.58. The van der Waals surface area contributed by atoms with Gasteiger partial charge in [0.1, 0.15) is 0 Å². The highest BCUT2D eigenvalue weighted by Crippen LogP contribution is 2.54. The van der Waals surface area contributed by atoms with E-state index < -0.39 is 0 Å². The van der Waals surface area contributed by atoms with Gasteiger partial charge in [-0.1, -0.05) is 6.42 Å². The molecule has 0 radical (unpaired) electrons. The summed E-state index contributed by atoms with van der Waals surface area (Å²) in [7, 11) is 0. The molecule has 2 N–H and O–H groups in total. The van der Waals surface area contributed by atoms with Gasteiger partial charge in [0.15, 0.2) is 0 Å². The SMILES string of the molecule is N[C@H]1CCC12CCC2. The normalized spacial score (nSPS) is 40.9. The Morgan fingerprint density at radius 1 is 1.25 bits per heavy atom. The van der Waals surface area contributed by atoms with Gasteiger partial charge in [-0.05, 0) is 31.1 Å². The maximum absolute atomic E-state index is 5.82. The van der Waals surface area contributed by atoms with Crippen LogP contribution in [0.2, 0.25) is 0 Å². The molecule has 2 aliphatic carbocycles. The topological polar surface area (TPSA) is 26.0 Å². The van der Waals surface area contributed by atoms with E-state index in [2.05, 4.69) is 0 Å². The molecule has 0 saturated heterocycles. The zero-order valence-electron chi connectivity index (χ0n) is 5.19. The van der Waals surface area contributed by atoms with E-state index in [1.807, 2.05) is 0 Å². The van der Waals surface area contributed by atoms with E-state index in [1.54, 1.807) is 0 Å². The van der Waals surface area contributed by atoms with E-state index in [-0.39, 0.29) is 0 Å². The Morgan fingerprint density at radius 2 is 2.00 bits per heavy atom. The molecule has 1 atom stereocenters. The Balaban J connectivity index is 2.03. The molecular formula is C7H13N. The predicted octanol–water partition coefficient (Wildman–Crippen LogP) is 1.28. The van der Waals surface area contributed by atoms with Gasteiger partial charge in [-0.25, -0.2) is 0 Å². The van der Waals surface area contributed by atoms with Gasteiger partial charge in [0.05, 0.1) is 0 Å². The molecular weight excluding hydrogens is 98.1 g/mol. The van der Waals surface area contributed by atoms with Crippen molar-refractivity contribution >= 4 is 0 Å². The Labute approximate surface area is 50.3 Å². The van der Waals surface area contributed by atoms with Crippen molar-refractivity contribution in [2.24, 2.45) is 11.1 Å². The van der Waals surface area contributed by atoms with Crippen molar-refractivity contribution in [3.05, 3.63) is 0 Å². The Hall–Kier alpha value is -0.0400. The minimum Gasteiger partial charge on any atom is -0.327 e. The molecule has 0 aromatic carbocycles. The van der Waals surface area contributed by atoms with Crippen LogP contribution in [0.4, 0.5) is 0 Å². The van der Waals surface area contributed by atoms with Crippen LogP contribution in [0.15, 0.2) is 0 Å². The quantitative estimate of drug-likeness (QED) is 0.500. The fourth-order valence-electron chi connectivity index (χ4n) is 1.97. The summed E-state index contributed by atoms with van der Waals surface area (Å²) in [6, 6.07) is 0.580. The summed E-state index contributed by atoms with van der Waals surface area (Å²) in [5, 5.41) is 0. The minimum atomic E-state index is 0.580. The molecule has 8 heavy (non-hydrogen) atoms. The van der Waals surface area contributed by atoms with Crippen molar-refractivity contribution in [1.82, 2.24) is 0 Å². The molecule has 0 heterocycles. The number of hydrogen-bond acceptors (Lipinski definition) is 1. The van der Waals surface area contributed by atoms with Crippen molar-refractivity contribution in [1.29, 1.82) is 0 Å². The lowest BCUT2D eigenvalue weighted by Crippen LogP contribution is -2.54. The second-order valence-corrected chi connectivity index (χ2v) is 3.36. The molecule has 0 aromatic heterocycles. The molecule has 1 nitrogen and oxygen atoms in total. The molecule has 0 unspecified atom stereocenters. The monoisotopic (exact) mass is 111 g/mol. The third kappa shape index (κ3) is 0.368. The third-order valence-corrected chi connectivity index (χ3v) is 3.09. The first-order chi connectivity index (χ1) is 3.83. The summed E-state index contributed by atoms with van der Waals surface area (Å²) in [4.78, 5) is 0. The van der Waals surface area contributed by atoms with Crippen molar-refractivity contribution in [3.8, 4) is 0 Å². The molecule has 2 rings (SSSR count). The largest absolute Gasteiger partial charge is 0.327 e. The number of rotatable bonds is 0. The van der Waals surface area contributed by atoms with E-state index >= 15 is 0 Å². The highest BCUT2D eigenvalue weighted by Gasteiger charge is 2.48. The predicted molar refractivity (Wildman–Crippen MR) is 33.5 cm³/mol. The fraction of sp³-hybridized carbons (Fsp3) is 1.00. The molecule has 2 fully saturated rings. The van der Waals surface area contributed by atoms with E-state index in [4.69, 9.17) is 5.73 Å². The highest BCUT2D eigenvalue weighted by molar-refractivity contribution is 5.03. The summed E-state index contributed by atoms with van der Waals surface area (Å²) >= 11 is 0. The van der Waals surface area contributed by atoms with E-state index in [0.717, 1.165) is 0 Å². The first-order valence-electron chi connectivity index (χ1n) is 3.59. The summed E-state index contributed by atoms with van der Waals surface area (Å²) in [6.45, 7) is 0. The Bertz CT molecular complexity index is 99.4. The van der Waals surface area contributed by atoms with Gasteiger partial charge in [-0.15, -0.1) is 0 Å². The third-order valence-electron chi connectivity index (χ3n) is 3.09. The first-order valence-corrected chi connectivity index (χ1v) is 3.59. The van der Waals surface area contributed by atoms with E-state index in [9.17, 15) is 0 Å². The van der Waals surface area contributed by atoms with Gasteiger partial charge >= 0.3 is 0 Å². The van der Waals surface area contributed by atoms with Crippen LogP contribution in [-0.4, -0.2) is 6.04 Å². The average molecular weight is 111 g/mol. The Kier molecular flexibility index (Phi) is 0.762. The molecule has 2 saturated carbocycles. The maximum Gasteiger partial charge on any atom is 0.00957 e. The van der Waals surface area contributed by atoms with Crippen LogP contribution in [-0.2, 0) is 0 Å². The van der Waals surface area contributed by atoms with E-state index in [0.29, 0.717) is 11.5 Å². The summed E-state index contributed by atoms with van der Waals surface area (Å²) in [6.07, 6.45) is 7.00. The first kappa shape index (κ1) is 4.80.